The Bertz CT molecular complexity index is 1200. The molecule has 0 aromatic heterocycles. The molecular formula is C32H38N2O4. The number of rotatable bonds is 11. The number of carbonyl (C=O) groups is 1. The van der Waals surface area contributed by atoms with E-state index in [2.05, 4.69) is 54.7 Å². The first kappa shape index (κ1) is 27.3. The van der Waals surface area contributed by atoms with Crippen molar-refractivity contribution in [3.8, 4) is 17.2 Å². The van der Waals surface area contributed by atoms with Gasteiger partial charge < -0.3 is 24.4 Å². The number of benzene rings is 3. The van der Waals surface area contributed by atoms with Crippen LogP contribution in [-0.2, 0) is 6.42 Å². The molecular weight excluding hydrogens is 476 g/mol. The lowest BCUT2D eigenvalue weighted by Gasteiger charge is -2.37. The molecule has 3 aromatic rings. The molecule has 1 aliphatic rings. The topological polar surface area (TPSA) is 60.0 Å². The van der Waals surface area contributed by atoms with Gasteiger partial charge in [0, 0.05) is 18.2 Å². The lowest BCUT2D eigenvalue weighted by Crippen LogP contribution is -2.52. The number of methoxy groups -OCH3 is 3. The van der Waals surface area contributed by atoms with Gasteiger partial charge in [-0.05, 0) is 56.0 Å². The molecule has 6 heteroatoms. The van der Waals surface area contributed by atoms with E-state index in [-0.39, 0.29) is 18.0 Å². The van der Waals surface area contributed by atoms with Crippen LogP contribution in [0.3, 0.4) is 0 Å². The van der Waals surface area contributed by atoms with E-state index in [1.807, 2.05) is 29.2 Å². The summed E-state index contributed by atoms with van der Waals surface area (Å²) in [5.41, 5.74) is 3.93. The number of ether oxygens (including phenoxy) is 3. The van der Waals surface area contributed by atoms with Gasteiger partial charge in [0.2, 0.25) is 5.75 Å². The van der Waals surface area contributed by atoms with Gasteiger partial charge >= 0.3 is 0 Å². The molecule has 1 aliphatic heterocycles. The van der Waals surface area contributed by atoms with E-state index in [0.717, 1.165) is 36.9 Å². The predicted molar refractivity (Wildman–Crippen MR) is 152 cm³/mol. The Kier molecular flexibility index (Phi) is 9.44. The summed E-state index contributed by atoms with van der Waals surface area (Å²) in [6.45, 7) is 3.55. The molecule has 1 amide bonds. The van der Waals surface area contributed by atoms with Gasteiger partial charge in [-0.15, -0.1) is 0 Å². The Morgan fingerprint density at radius 3 is 2.16 bits per heavy atom. The highest BCUT2D eigenvalue weighted by atomic mass is 16.5. The lowest BCUT2D eigenvalue weighted by atomic mass is 9.95. The van der Waals surface area contributed by atoms with Gasteiger partial charge in [-0.2, -0.15) is 0 Å². The van der Waals surface area contributed by atoms with E-state index in [4.69, 9.17) is 14.2 Å². The number of carbonyl (C=O) groups excluding carboxylic acids is 1. The molecule has 4 rings (SSSR count). The van der Waals surface area contributed by atoms with Crippen LogP contribution in [0.5, 0.6) is 17.2 Å². The van der Waals surface area contributed by atoms with Crippen molar-refractivity contribution in [2.75, 3.05) is 34.4 Å². The van der Waals surface area contributed by atoms with Crippen molar-refractivity contribution < 1.29 is 19.0 Å². The zero-order valence-corrected chi connectivity index (χ0v) is 22.8. The van der Waals surface area contributed by atoms with Crippen LogP contribution in [0.4, 0.5) is 0 Å². The van der Waals surface area contributed by atoms with Crippen LogP contribution >= 0.6 is 0 Å². The molecule has 3 aromatic carbocycles. The molecule has 1 fully saturated rings. The van der Waals surface area contributed by atoms with Crippen LogP contribution in [0.15, 0.2) is 78.4 Å². The molecule has 0 radical (unpaired) electrons. The van der Waals surface area contributed by atoms with E-state index in [0.29, 0.717) is 29.4 Å². The fraction of sp³-hybridized carbons (Fsp3) is 0.344. The zero-order chi connectivity index (χ0) is 26.9. The highest BCUT2D eigenvalue weighted by molar-refractivity contribution is 5.96. The molecule has 1 N–H and O–H groups in total. The molecule has 200 valence electrons. The maximum Gasteiger partial charge on any atom is 0.254 e. The molecule has 0 spiro atoms. The standard InChI is InChI=1S/C32H38N2O4/c1-23(18-24-12-7-5-8-13-24)22-34(28(27-16-11-17-33-27)19-25-14-9-6-10-15-25)32(35)26-20-29(36-2)31(38-4)30(21-26)37-3/h5-10,12-15,18,20-21,27-28,33H,11,16-17,19,22H2,1-4H3. The third-order valence-corrected chi connectivity index (χ3v) is 7.06. The minimum Gasteiger partial charge on any atom is -0.493 e. The van der Waals surface area contributed by atoms with Crippen LogP contribution < -0.4 is 19.5 Å². The first-order valence-electron chi connectivity index (χ1n) is 13.1. The minimum absolute atomic E-state index is 0.0365. The number of hydrogen-bond acceptors (Lipinski definition) is 5. The maximum absolute atomic E-state index is 14.4. The summed E-state index contributed by atoms with van der Waals surface area (Å²) in [5, 5.41) is 3.67. The fourth-order valence-electron chi connectivity index (χ4n) is 5.22. The number of hydrogen-bond donors (Lipinski definition) is 1. The van der Waals surface area contributed by atoms with Crippen molar-refractivity contribution in [3.63, 3.8) is 0 Å². The monoisotopic (exact) mass is 514 g/mol. The summed E-state index contributed by atoms with van der Waals surface area (Å²) < 4.78 is 16.6. The molecule has 0 aliphatic carbocycles. The first-order chi connectivity index (χ1) is 18.5. The van der Waals surface area contributed by atoms with Gasteiger partial charge in [0.1, 0.15) is 0 Å². The molecule has 1 heterocycles. The Balaban J connectivity index is 1.77. The SMILES string of the molecule is COc1cc(C(=O)N(CC(C)=Cc2ccccc2)C(Cc2ccccc2)C2CCCN2)cc(OC)c1OC. The van der Waals surface area contributed by atoms with Gasteiger partial charge in [-0.3, -0.25) is 4.79 Å². The third-order valence-electron chi connectivity index (χ3n) is 7.06. The largest absolute Gasteiger partial charge is 0.493 e. The van der Waals surface area contributed by atoms with Crippen LogP contribution in [0.2, 0.25) is 0 Å². The summed E-state index contributed by atoms with van der Waals surface area (Å²) in [6.07, 6.45) is 5.03. The van der Waals surface area contributed by atoms with Gasteiger partial charge in [-0.1, -0.05) is 72.3 Å². The van der Waals surface area contributed by atoms with Crippen molar-refractivity contribution in [3.05, 3.63) is 95.1 Å². The van der Waals surface area contributed by atoms with E-state index in [9.17, 15) is 4.79 Å². The Hall–Kier alpha value is -3.77. The normalized spacial score (nSPS) is 16.1. The lowest BCUT2D eigenvalue weighted by molar-refractivity contribution is 0.0661. The molecule has 1 saturated heterocycles. The van der Waals surface area contributed by atoms with Crippen molar-refractivity contribution in [2.24, 2.45) is 0 Å². The maximum atomic E-state index is 14.4. The Labute approximate surface area is 226 Å². The van der Waals surface area contributed by atoms with E-state index >= 15 is 0 Å². The summed E-state index contributed by atoms with van der Waals surface area (Å²) in [4.78, 5) is 16.4. The zero-order valence-electron chi connectivity index (χ0n) is 22.8. The highest BCUT2D eigenvalue weighted by Gasteiger charge is 2.34. The van der Waals surface area contributed by atoms with E-state index in [1.165, 1.54) is 5.56 Å². The summed E-state index contributed by atoms with van der Waals surface area (Å²) in [5.74, 6) is 1.33. The number of nitrogens with zero attached hydrogens (tertiary/aromatic N) is 1. The first-order valence-corrected chi connectivity index (χ1v) is 13.1. The fourth-order valence-corrected chi connectivity index (χ4v) is 5.22. The minimum atomic E-state index is -0.0697. The van der Waals surface area contributed by atoms with Gasteiger partial charge in [0.25, 0.3) is 5.91 Å². The van der Waals surface area contributed by atoms with Crippen molar-refractivity contribution in [1.29, 1.82) is 0 Å². The van der Waals surface area contributed by atoms with Crippen LogP contribution in [-0.4, -0.2) is 57.3 Å². The average molecular weight is 515 g/mol. The second-order valence-corrected chi connectivity index (χ2v) is 9.71. The number of nitrogens with one attached hydrogen (secondary N) is 1. The molecule has 38 heavy (non-hydrogen) atoms. The van der Waals surface area contributed by atoms with Crippen LogP contribution in [0.25, 0.3) is 6.08 Å². The highest BCUT2D eigenvalue weighted by Crippen LogP contribution is 2.39. The quantitative estimate of drug-likeness (QED) is 0.360. The van der Waals surface area contributed by atoms with Crippen LogP contribution in [0.1, 0.15) is 41.3 Å². The predicted octanol–water partition coefficient (Wildman–Crippen LogP) is 5.62. The van der Waals surface area contributed by atoms with E-state index in [1.54, 1.807) is 33.5 Å². The average Bonchev–Trinajstić information content (AvgIpc) is 3.49. The second kappa shape index (κ2) is 13.2. The van der Waals surface area contributed by atoms with Gasteiger partial charge in [0.15, 0.2) is 11.5 Å². The molecule has 6 nitrogen and oxygen atoms in total. The summed E-state index contributed by atoms with van der Waals surface area (Å²) in [6, 6.07) is 24.3. The molecule has 0 saturated carbocycles. The Morgan fingerprint density at radius 1 is 0.974 bits per heavy atom. The summed E-state index contributed by atoms with van der Waals surface area (Å²) >= 11 is 0. The number of amides is 1. The van der Waals surface area contributed by atoms with Crippen molar-refractivity contribution >= 4 is 12.0 Å². The molecule has 2 atom stereocenters. The van der Waals surface area contributed by atoms with Crippen molar-refractivity contribution in [2.45, 2.75) is 38.3 Å². The van der Waals surface area contributed by atoms with Gasteiger partial charge in [-0.25, -0.2) is 0 Å². The van der Waals surface area contributed by atoms with E-state index < -0.39 is 0 Å². The summed E-state index contributed by atoms with van der Waals surface area (Å²) in [7, 11) is 4.70. The van der Waals surface area contributed by atoms with Crippen LogP contribution in [0, 0.1) is 0 Å². The second-order valence-electron chi connectivity index (χ2n) is 9.71. The van der Waals surface area contributed by atoms with Gasteiger partial charge in [0.05, 0.1) is 27.4 Å². The third kappa shape index (κ3) is 6.56. The Morgan fingerprint density at radius 2 is 1.61 bits per heavy atom. The van der Waals surface area contributed by atoms with Crippen molar-refractivity contribution in [1.82, 2.24) is 10.2 Å². The molecule has 0 bridgehead atoms. The molecule has 2 unspecified atom stereocenters. The smallest absolute Gasteiger partial charge is 0.254 e.